The number of nitrogen functional groups attached to an aromatic ring is 1. The molecule has 0 amide bonds. The van der Waals surface area contributed by atoms with E-state index in [-0.39, 0.29) is 24.3 Å². The first-order valence-corrected chi connectivity index (χ1v) is 12.0. The lowest BCUT2D eigenvalue weighted by Gasteiger charge is -2.33. The monoisotopic (exact) mass is 503 g/mol. The molecule has 0 spiro atoms. The summed E-state index contributed by atoms with van der Waals surface area (Å²) < 4.78 is 42.5. The molecule has 2 aliphatic rings. The number of methoxy groups -OCH3 is 1. The molecule has 194 valence electrons. The third-order valence-electron chi connectivity index (χ3n) is 6.00. The summed E-state index contributed by atoms with van der Waals surface area (Å²) in [7, 11) is 1.50. The van der Waals surface area contributed by atoms with Gasteiger partial charge in [-0.1, -0.05) is 0 Å². The average molecular weight is 504 g/mol. The van der Waals surface area contributed by atoms with Crippen LogP contribution in [-0.4, -0.2) is 66.2 Å². The highest BCUT2D eigenvalue weighted by Crippen LogP contribution is 2.28. The summed E-state index contributed by atoms with van der Waals surface area (Å²) in [6, 6.07) is 4.92. The predicted molar refractivity (Wildman–Crippen MR) is 131 cm³/mol. The molecular weight excluding hydrogens is 472 g/mol. The van der Waals surface area contributed by atoms with Crippen molar-refractivity contribution in [3.05, 3.63) is 47.8 Å². The van der Waals surface area contributed by atoms with Crippen molar-refractivity contribution in [2.45, 2.75) is 37.9 Å². The molecule has 1 unspecified atom stereocenters. The van der Waals surface area contributed by atoms with Gasteiger partial charge in [-0.3, -0.25) is 4.98 Å². The van der Waals surface area contributed by atoms with Gasteiger partial charge in [-0.15, -0.1) is 0 Å². The van der Waals surface area contributed by atoms with E-state index in [2.05, 4.69) is 15.0 Å². The largest absolute Gasteiger partial charge is 0.487 e. The van der Waals surface area contributed by atoms with Crippen LogP contribution in [0.1, 0.15) is 37.5 Å². The van der Waals surface area contributed by atoms with Crippen molar-refractivity contribution in [1.82, 2.24) is 15.0 Å². The first kappa shape index (κ1) is 25.9. The molecule has 2 aliphatic heterocycles. The zero-order valence-electron chi connectivity index (χ0n) is 20.2. The normalized spacial score (nSPS) is 17.1. The smallest absolute Gasteiger partial charge is 0.172 e. The molecule has 9 nitrogen and oxygen atoms in total. The van der Waals surface area contributed by atoms with Crippen molar-refractivity contribution in [3.63, 3.8) is 0 Å². The molecule has 0 aliphatic carbocycles. The topological polar surface area (TPSA) is 116 Å². The number of aliphatic hydroxyl groups is 1. The summed E-state index contributed by atoms with van der Waals surface area (Å²) in [5.74, 6) is -0.488. The number of ether oxygens (including phenoxy) is 3. The lowest BCUT2D eigenvalue weighted by atomic mass is 10.1. The minimum atomic E-state index is -0.859. The van der Waals surface area contributed by atoms with Crippen LogP contribution in [-0.2, 0) is 9.47 Å². The van der Waals surface area contributed by atoms with E-state index >= 15 is 0 Å². The summed E-state index contributed by atoms with van der Waals surface area (Å²) in [5, 5.41) is 10.0. The van der Waals surface area contributed by atoms with Crippen LogP contribution in [0.25, 0.3) is 11.0 Å². The summed E-state index contributed by atoms with van der Waals surface area (Å²) in [5.41, 5.74) is 7.68. The fourth-order valence-electron chi connectivity index (χ4n) is 4.08. The molecule has 36 heavy (non-hydrogen) atoms. The second-order valence-corrected chi connectivity index (χ2v) is 8.70. The second kappa shape index (κ2) is 12.2. The Kier molecular flexibility index (Phi) is 8.79. The maximum absolute atomic E-state index is 13.8. The SMILES string of the molecule is C1CCOC1.COCC(O)c1cc2nc(N)c(N3CCC(Oc4ccc(F)cc4F)CC3)nc2cn1. The summed E-state index contributed by atoms with van der Waals surface area (Å²) >= 11 is 0. The van der Waals surface area contributed by atoms with E-state index in [9.17, 15) is 13.9 Å². The highest BCUT2D eigenvalue weighted by molar-refractivity contribution is 5.79. The maximum atomic E-state index is 13.8. The molecule has 1 aromatic carbocycles. The predicted octanol–water partition coefficient (Wildman–Crippen LogP) is 3.41. The van der Waals surface area contributed by atoms with Crippen molar-refractivity contribution in [3.8, 4) is 5.75 Å². The molecule has 2 saturated heterocycles. The Bertz CT molecular complexity index is 1150. The Labute approximate surface area is 208 Å². The van der Waals surface area contributed by atoms with E-state index in [1.165, 1.54) is 32.1 Å². The van der Waals surface area contributed by atoms with Gasteiger partial charge in [0.05, 0.1) is 24.0 Å². The average Bonchev–Trinajstić information content (AvgIpc) is 3.46. The molecule has 0 bridgehead atoms. The van der Waals surface area contributed by atoms with Crippen molar-refractivity contribution in [2.75, 3.05) is 50.7 Å². The number of anilines is 2. The number of rotatable bonds is 6. The zero-order valence-corrected chi connectivity index (χ0v) is 20.2. The Morgan fingerprint density at radius 1 is 1.14 bits per heavy atom. The van der Waals surface area contributed by atoms with E-state index in [0.29, 0.717) is 48.5 Å². The molecule has 11 heteroatoms. The zero-order chi connectivity index (χ0) is 25.5. The molecule has 0 saturated carbocycles. The van der Waals surface area contributed by atoms with Crippen molar-refractivity contribution in [2.24, 2.45) is 0 Å². The highest BCUT2D eigenvalue weighted by Gasteiger charge is 2.25. The van der Waals surface area contributed by atoms with E-state index in [4.69, 9.17) is 19.9 Å². The number of fused-ring (bicyclic) bond motifs is 1. The molecule has 3 aromatic rings. The molecule has 2 fully saturated rings. The number of aliphatic hydroxyl groups excluding tert-OH is 1. The van der Waals surface area contributed by atoms with Crippen LogP contribution >= 0.6 is 0 Å². The number of aromatic nitrogens is 3. The Morgan fingerprint density at radius 2 is 1.89 bits per heavy atom. The lowest BCUT2D eigenvalue weighted by molar-refractivity contribution is 0.0618. The van der Waals surface area contributed by atoms with Gasteiger partial charge in [0.15, 0.2) is 23.2 Å². The number of hydrogen-bond donors (Lipinski definition) is 2. The Morgan fingerprint density at radius 3 is 2.53 bits per heavy atom. The van der Waals surface area contributed by atoms with Gasteiger partial charge in [0.2, 0.25) is 0 Å². The number of piperidine rings is 1. The van der Waals surface area contributed by atoms with Gasteiger partial charge in [0.25, 0.3) is 0 Å². The van der Waals surface area contributed by atoms with Gasteiger partial charge in [0, 0.05) is 52.3 Å². The Balaban J connectivity index is 0.000000543. The van der Waals surface area contributed by atoms with Crippen LogP contribution in [0.5, 0.6) is 5.75 Å². The Hall–Kier alpha value is -3.15. The molecule has 0 radical (unpaired) electrons. The number of halogens is 2. The van der Waals surface area contributed by atoms with Gasteiger partial charge in [-0.2, -0.15) is 0 Å². The van der Waals surface area contributed by atoms with Gasteiger partial charge < -0.3 is 30.0 Å². The minimum absolute atomic E-state index is 0.0439. The van der Waals surface area contributed by atoms with Crippen LogP contribution in [0.3, 0.4) is 0 Å². The fraction of sp³-hybridized carbons (Fsp3) is 0.480. The third-order valence-corrected chi connectivity index (χ3v) is 6.00. The van der Waals surface area contributed by atoms with Crippen LogP contribution in [0.4, 0.5) is 20.4 Å². The first-order valence-electron chi connectivity index (χ1n) is 12.0. The van der Waals surface area contributed by atoms with Gasteiger partial charge in [0.1, 0.15) is 23.5 Å². The van der Waals surface area contributed by atoms with Crippen LogP contribution in [0.2, 0.25) is 0 Å². The highest BCUT2D eigenvalue weighted by atomic mass is 19.1. The summed E-state index contributed by atoms with van der Waals surface area (Å²) in [6.45, 7) is 3.31. The van der Waals surface area contributed by atoms with Crippen molar-refractivity contribution in [1.29, 1.82) is 0 Å². The number of nitrogens with two attached hydrogens (primary N) is 1. The fourth-order valence-corrected chi connectivity index (χ4v) is 4.08. The van der Waals surface area contributed by atoms with Crippen molar-refractivity contribution < 1.29 is 28.1 Å². The van der Waals surface area contributed by atoms with E-state index < -0.39 is 17.7 Å². The summed E-state index contributed by atoms with van der Waals surface area (Å²) in [4.78, 5) is 15.3. The second-order valence-electron chi connectivity index (χ2n) is 8.70. The van der Waals surface area contributed by atoms with Gasteiger partial charge >= 0.3 is 0 Å². The van der Waals surface area contributed by atoms with Gasteiger partial charge in [-0.05, 0) is 31.0 Å². The molecule has 3 N–H and O–H groups in total. The molecular formula is C25H31F2N5O4. The summed E-state index contributed by atoms with van der Waals surface area (Å²) in [6.07, 6.45) is 4.29. The van der Waals surface area contributed by atoms with Crippen LogP contribution in [0.15, 0.2) is 30.5 Å². The molecule has 4 heterocycles. The van der Waals surface area contributed by atoms with Crippen LogP contribution < -0.4 is 15.4 Å². The van der Waals surface area contributed by atoms with Crippen LogP contribution in [0, 0.1) is 11.6 Å². The standard InChI is InChI=1S/C21H23F2N5O3.C4H8O/c1-30-11-18(29)16-9-15-17(10-25-16)27-21(20(24)26-15)28-6-4-13(5-7-28)31-19-3-2-12(22)8-14(19)23;1-2-4-5-3-1/h2-3,8-10,13,18,29H,4-7,11H2,1H3,(H2,24,26);1-4H2. The molecule has 5 rings (SSSR count). The third kappa shape index (κ3) is 6.54. The number of nitrogens with zero attached hydrogens (tertiary/aromatic N) is 4. The first-order chi connectivity index (χ1) is 17.4. The number of benzene rings is 1. The number of hydrogen-bond acceptors (Lipinski definition) is 9. The number of pyridine rings is 1. The molecule has 1 atom stereocenters. The lowest BCUT2D eigenvalue weighted by Crippen LogP contribution is -2.39. The maximum Gasteiger partial charge on any atom is 0.172 e. The quantitative estimate of drug-likeness (QED) is 0.522. The molecule has 2 aromatic heterocycles. The van der Waals surface area contributed by atoms with Gasteiger partial charge in [-0.25, -0.2) is 18.7 Å². The van der Waals surface area contributed by atoms with E-state index in [0.717, 1.165) is 19.3 Å². The van der Waals surface area contributed by atoms with E-state index in [1.807, 2.05) is 4.90 Å². The van der Waals surface area contributed by atoms with Crippen molar-refractivity contribution >= 4 is 22.7 Å². The van der Waals surface area contributed by atoms with E-state index in [1.54, 1.807) is 12.3 Å². The minimum Gasteiger partial charge on any atom is -0.487 e.